The van der Waals surface area contributed by atoms with Crippen molar-refractivity contribution >= 4 is 11.7 Å². The predicted molar refractivity (Wildman–Crippen MR) is 68.2 cm³/mol. The third-order valence-electron chi connectivity index (χ3n) is 2.33. The molecule has 0 aliphatic carbocycles. The van der Waals surface area contributed by atoms with Crippen LogP contribution >= 0.6 is 0 Å². The summed E-state index contributed by atoms with van der Waals surface area (Å²) in [5.74, 6) is -1.55. The van der Waals surface area contributed by atoms with Gasteiger partial charge in [0, 0.05) is 13.2 Å². The summed E-state index contributed by atoms with van der Waals surface area (Å²) in [5.41, 5.74) is -0.641. The molecule has 0 aliphatic rings. The fraction of sp³-hybridized carbons (Fsp3) is 0.417. The molecule has 0 saturated carbocycles. The molecule has 0 spiro atoms. The van der Waals surface area contributed by atoms with Crippen LogP contribution in [0.4, 0.5) is 5.69 Å². The summed E-state index contributed by atoms with van der Waals surface area (Å²) in [4.78, 5) is 21.2. The van der Waals surface area contributed by atoms with Gasteiger partial charge in [-0.15, -0.1) is 0 Å². The molecule has 8 heteroatoms. The number of rotatable bonds is 9. The zero-order valence-electron chi connectivity index (χ0n) is 10.9. The molecule has 0 fully saturated rings. The van der Waals surface area contributed by atoms with Crippen LogP contribution in [0.5, 0.6) is 5.75 Å². The minimum atomic E-state index is -1.29. The Hall–Kier alpha value is -2.19. The van der Waals surface area contributed by atoms with E-state index in [2.05, 4.69) is 0 Å². The molecule has 1 rings (SSSR count). The van der Waals surface area contributed by atoms with Crippen molar-refractivity contribution in [2.45, 2.75) is 0 Å². The van der Waals surface area contributed by atoms with Crippen LogP contribution in [-0.2, 0) is 9.47 Å². The number of carbonyl (C=O) groups is 1. The van der Waals surface area contributed by atoms with E-state index in [1.807, 2.05) is 0 Å². The number of carboxylic acids is 1. The summed E-state index contributed by atoms with van der Waals surface area (Å²) in [5, 5.41) is 19.8. The molecule has 0 atom stereocenters. The van der Waals surface area contributed by atoms with Crippen LogP contribution in [0, 0.1) is 10.1 Å². The third-order valence-corrected chi connectivity index (χ3v) is 2.33. The van der Waals surface area contributed by atoms with Crippen molar-refractivity contribution < 1.29 is 29.0 Å². The van der Waals surface area contributed by atoms with Gasteiger partial charge in [0.25, 0.3) is 0 Å². The van der Waals surface area contributed by atoms with Crippen molar-refractivity contribution in [1.29, 1.82) is 0 Å². The zero-order valence-corrected chi connectivity index (χ0v) is 10.9. The van der Waals surface area contributed by atoms with E-state index in [0.29, 0.717) is 13.2 Å². The van der Waals surface area contributed by atoms with Crippen LogP contribution in [0.3, 0.4) is 0 Å². The average Bonchev–Trinajstić information content (AvgIpc) is 2.42. The van der Waals surface area contributed by atoms with Crippen LogP contribution < -0.4 is 4.74 Å². The molecular formula is C12H15NO7. The van der Waals surface area contributed by atoms with Crippen molar-refractivity contribution in [3.8, 4) is 5.75 Å². The Bertz CT molecular complexity index is 443. The maximum Gasteiger partial charge on any atom is 0.339 e. The van der Waals surface area contributed by atoms with Gasteiger partial charge in [-0.1, -0.05) is 6.07 Å². The Morgan fingerprint density at radius 2 is 2.00 bits per heavy atom. The molecular weight excluding hydrogens is 270 g/mol. The first-order valence-electron chi connectivity index (χ1n) is 5.78. The standard InChI is InChI=1S/C12H15NO7/c1-18-5-6-19-7-8-20-11-9(12(14)15)3-2-4-10(11)13(16)17/h2-4H,5-8H2,1H3,(H,14,15). The lowest BCUT2D eigenvalue weighted by Gasteiger charge is -2.09. The summed E-state index contributed by atoms with van der Waals surface area (Å²) >= 11 is 0. The number of aromatic carboxylic acids is 1. The van der Waals surface area contributed by atoms with Crippen LogP contribution in [0.25, 0.3) is 0 Å². The van der Waals surface area contributed by atoms with Gasteiger partial charge >= 0.3 is 11.7 Å². The minimum absolute atomic E-state index is 0.00878. The lowest BCUT2D eigenvalue weighted by atomic mass is 10.2. The maximum atomic E-state index is 11.0. The molecule has 0 bridgehead atoms. The number of nitro benzene ring substituents is 1. The number of methoxy groups -OCH3 is 1. The summed E-state index contributed by atoms with van der Waals surface area (Å²) < 4.78 is 15.1. The highest BCUT2D eigenvalue weighted by molar-refractivity contribution is 5.92. The molecule has 1 aromatic carbocycles. The van der Waals surface area contributed by atoms with Crippen molar-refractivity contribution in [3.63, 3.8) is 0 Å². The molecule has 0 amide bonds. The first kappa shape index (κ1) is 15.9. The number of benzene rings is 1. The van der Waals surface area contributed by atoms with E-state index in [1.165, 1.54) is 25.3 Å². The maximum absolute atomic E-state index is 11.0. The van der Waals surface area contributed by atoms with E-state index >= 15 is 0 Å². The van der Waals surface area contributed by atoms with Crippen molar-refractivity contribution in [2.24, 2.45) is 0 Å². The Balaban J connectivity index is 2.71. The Kier molecular flexibility index (Phi) is 6.41. The van der Waals surface area contributed by atoms with E-state index in [-0.39, 0.29) is 30.2 Å². The highest BCUT2D eigenvalue weighted by Gasteiger charge is 2.22. The lowest BCUT2D eigenvalue weighted by molar-refractivity contribution is -0.385. The fourth-order valence-corrected chi connectivity index (χ4v) is 1.44. The predicted octanol–water partition coefficient (Wildman–Crippen LogP) is 1.33. The SMILES string of the molecule is COCCOCCOc1c(C(=O)O)cccc1[N+](=O)[O-]. The van der Waals surface area contributed by atoms with E-state index in [9.17, 15) is 14.9 Å². The third kappa shape index (κ3) is 4.48. The Morgan fingerprint density at radius 3 is 2.60 bits per heavy atom. The summed E-state index contributed by atoms with van der Waals surface area (Å²) in [6.07, 6.45) is 0. The van der Waals surface area contributed by atoms with Gasteiger partial charge < -0.3 is 19.3 Å². The van der Waals surface area contributed by atoms with Crippen molar-refractivity contribution in [3.05, 3.63) is 33.9 Å². The highest BCUT2D eigenvalue weighted by Crippen LogP contribution is 2.30. The molecule has 0 heterocycles. The van der Waals surface area contributed by atoms with Crippen LogP contribution in [0.1, 0.15) is 10.4 Å². The van der Waals surface area contributed by atoms with Gasteiger partial charge in [-0.2, -0.15) is 0 Å². The van der Waals surface area contributed by atoms with Gasteiger partial charge in [-0.25, -0.2) is 4.79 Å². The number of carboxylic acid groups (broad SMARTS) is 1. The number of para-hydroxylation sites is 1. The number of ether oxygens (including phenoxy) is 3. The lowest BCUT2D eigenvalue weighted by Crippen LogP contribution is -2.12. The molecule has 110 valence electrons. The van der Waals surface area contributed by atoms with Gasteiger partial charge in [-0.05, 0) is 6.07 Å². The second kappa shape index (κ2) is 8.08. The number of hydrogen-bond donors (Lipinski definition) is 1. The summed E-state index contributed by atoms with van der Waals surface area (Å²) in [7, 11) is 1.53. The quantitative estimate of drug-likeness (QED) is 0.414. The largest absolute Gasteiger partial charge is 0.484 e. The smallest absolute Gasteiger partial charge is 0.339 e. The topological polar surface area (TPSA) is 108 Å². The van der Waals surface area contributed by atoms with Crippen LogP contribution in [-0.4, -0.2) is 49.5 Å². The zero-order chi connectivity index (χ0) is 15.0. The Labute approximate surface area is 115 Å². The molecule has 0 aromatic heterocycles. The van der Waals surface area contributed by atoms with E-state index in [4.69, 9.17) is 19.3 Å². The molecule has 0 radical (unpaired) electrons. The number of hydrogen-bond acceptors (Lipinski definition) is 6. The minimum Gasteiger partial charge on any atom is -0.484 e. The van der Waals surface area contributed by atoms with E-state index in [1.54, 1.807) is 0 Å². The van der Waals surface area contributed by atoms with Gasteiger partial charge in [0.15, 0.2) is 0 Å². The molecule has 0 unspecified atom stereocenters. The van der Waals surface area contributed by atoms with E-state index < -0.39 is 10.9 Å². The molecule has 1 N–H and O–H groups in total. The Morgan fingerprint density at radius 1 is 1.30 bits per heavy atom. The molecule has 0 aliphatic heterocycles. The monoisotopic (exact) mass is 285 g/mol. The van der Waals surface area contributed by atoms with Crippen molar-refractivity contribution in [2.75, 3.05) is 33.5 Å². The van der Waals surface area contributed by atoms with Crippen LogP contribution in [0.2, 0.25) is 0 Å². The average molecular weight is 285 g/mol. The first-order valence-corrected chi connectivity index (χ1v) is 5.78. The second-order valence-corrected chi connectivity index (χ2v) is 3.67. The van der Waals surface area contributed by atoms with Crippen LogP contribution in [0.15, 0.2) is 18.2 Å². The van der Waals surface area contributed by atoms with Crippen molar-refractivity contribution in [1.82, 2.24) is 0 Å². The second-order valence-electron chi connectivity index (χ2n) is 3.67. The van der Waals surface area contributed by atoms with Gasteiger partial charge in [0.05, 0.1) is 24.7 Å². The van der Waals surface area contributed by atoms with Gasteiger partial charge in [-0.3, -0.25) is 10.1 Å². The highest BCUT2D eigenvalue weighted by atomic mass is 16.6. The molecule has 1 aromatic rings. The van der Waals surface area contributed by atoms with Gasteiger partial charge in [0.1, 0.15) is 12.2 Å². The normalized spacial score (nSPS) is 10.2. The van der Waals surface area contributed by atoms with Gasteiger partial charge in [0.2, 0.25) is 5.75 Å². The fourth-order valence-electron chi connectivity index (χ4n) is 1.44. The summed E-state index contributed by atoms with van der Waals surface area (Å²) in [6, 6.07) is 3.73. The molecule has 8 nitrogen and oxygen atoms in total. The summed E-state index contributed by atoms with van der Waals surface area (Å²) in [6.45, 7) is 0.970. The molecule has 0 saturated heterocycles. The van der Waals surface area contributed by atoms with E-state index in [0.717, 1.165) is 0 Å². The number of nitrogens with zero attached hydrogens (tertiary/aromatic N) is 1. The first-order chi connectivity index (χ1) is 9.57. The molecule has 20 heavy (non-hydrogen) atoms. The number of nitro groups is 1.